The van der Waals surface area contributed by atoms with Gasteiger partial charge in [-0.1, -0.05) is 22.0 Å². The Bertz CT molecular complexity index is 580. The van der Waals surface area contributed by atoms with Crippen molar-refractivity contribution in [1.29, 1.82) is 0 Å². The van der Waals surface area contributed by atoms with Crippen LogP contribution in [0.3, 0.4) is 0 Å². The van der Waals surface area contributed by atoms with Gasteiger partial charge in [0.1, 0.15) is 0 Å². The Hall–Kier alpha value is -0.650. The largest absolute Gasteiger partial charge is 0.386 e. The fourth-order valence-electron chi connectivity index (χ4n) is 1.73. The Morgan fingerprint density at radius 3 is 2.50 bits per heavy atom. The molecule has 1 N–H and O–H groups in total. The number of hydrogen-bond acceptors (Lipinski definition) is 3. The maximum absolute atomic E-state index is 11.9. The van der Waals surface area contributed by atoms with Crippen molar-refractivity contribution in [3.05, 3.63) is 33.6 Å². The van der Waals surface area contributed by atoms with Crippen molar-refractivity contribution in [1.82, 2.24) is 0 Å². The number of fused-ring (bicyclic) bond motifs is 1. The van der Waals surface area contributed by atoms with Gasteiger partial charge in [-0.25, -0.2) is 8.42 Å². The van der Waals surface area contributed by atoms with E-state index in [4.69, 9.17) is 0 Å². The lowest BCUT2D eigenvalue weighted by Crippen LogP contribution is -2.20. The van der Waals surface area contributed by atoms with Gasteiger partial charge >= 0.3 is 0 Å². The highest BCUT2D eigenvalue weighted by molar-refractivity contribution is 9.10. The van der Waals surface area contributed by atoms with Gasteiger partial charge in [0.15, 0.2) is 0 Å². The zero-order valence-electron chi connectivity index (χ0n) is 8.86. The molecule has 0 atom stereocenters. The summed E-state index contributed by atoms with van der Waals surface area (Å²) < 4.78 is 24.4. The van der Waals surface area contributed by atoms with Crippen LogP contribution in [0.25, 0.3) is 5.57 Å². The summed E-state index contributed by atoms with van der Waals surface area (Å²) in [4.78, 5) is 0.249. The molecule has 0 aromatic heterocycles. The molecule has 0 fully saturated rings. The van der Waals surface area contributed by atoms with Crippen LogP contribution in [-0.2, 0) is 9.84 Å². The number of benzene rings is 1. The van der Waals surface area contributed by atoms with Gasteiger partial charge in [-0.2, -0.15) is 0 Å². The fourth-order valence-corrected chi connectivity index (χ4v) is 4.06. The molecule has 2 rings (SSSR count). The van der Waals surface area contributed by atoms with Gasteiger partial charge in [0.25, 0.3) is 0 Å². The summed E-state index contributed by atoms with van der Waals surface area (Å²) >= 11 is 3.32. The van der Waals surface area contributed by atoms with Crippen molar-refractivity contribution in [3.63, 3.8) is 0 Å². The number of sulfone groups is 1. The highest BCUT2D eigenvalue weighted by atomic mass is 79.9. The molecule has 0 saturated heterocycles. The molecule has 3 nitrogen and oxygen atoms in total. The smallest absolute Gasteiger partial charge is 0.200 e. The van der Waals surface area contributed by atoms with Crippen LogP contribution in [0, 0.1) is 0 Å². The van der Waals surface area contributed by atoms with E-state index in [1.165, 1.54) is 0 Å². The summed E-state index contributed by atoms with van der Waals surface area (Å²) in [7, 11) is -3.41. The summed E-state index contributed by atoms with van der Waals surface area (Å²) in [5.41, 5.74) is -0.188. The number of halogens is 1. The molecule has 1 heterocycles. The topological polar surface area (TPSA) is 54.4 Å². The summed E-state index contributed by atoms with van der Waals surface area (Å²) in [5.74, 6) is 0. The summed E-state index contributed by atoms with van der Waals surface area (Å²) in [6, 6.07) is 4.98. The molecule has 0 aliphatic carbocycles. The SMILES string of the molecule is CC(C)(O)C1=CS(=O)(=O)c2cccc(Br)c21. The van der Waals surface area contributed by atoms with E-state index in [2.05, 4.69) is 15.9 Å². The van der Waals surface area contributed by atoms with Crippen molar-refractivity contribution in [2.45, 2.75) is 24.3 Å². The molecule has 0 saturated carbocycles. The van der Waals surface area contributed by atoms with Crippen LogP contribution in [0.4, 0.5) is 0 Å². The molecule has 86 valence electrons. The van der Waals surface area contributed by atoms with Gasteiger partial charge in [0.2, 0.25) is 9.84 Å². The molecule has 1 aromatic rings. The van der Waals surface area contributed by atoms with E-state index in [0.29, 0.717) is 15.6 Å². The lowest BCUT2D eigenvalue weighted by molar-refractivity contribution is 0.144. The maximum atomic E-state index is 11.9. The van der Waals surface area contributed by atoms with Crippen molar-refractivity contribution in [2.75, 3.05) is 0 Å². The first kappa shape index (κ1) is 11.8. The first-order valence-corrected chi connectivity index (χ1v) is 7.06. The minimum atomic E-state index is -3.41. The maximum Gasteiger partial charge on any atom is 0.200 e. The molecule has 1 aliphatic heterocycles. The molecule has 0 radical (unpaired) electrons. The van der Waals surface area contributed by atoms with E-state index in [1.54, 1.807) is 32.0 Å². The van der Waals surface area contributed by atoms with Crippen molar-refractivity contribution < 1.29 is 13.5 Å². The lowest BCUT2D eigenvalue weighted by atomic mass is 9.93. The Morgan fingerprint density at radius 2 is 1.94 bits per heavy atom. The molecule has 1 aliphatic rings. The number of rotatable bonds is 1. The van der Waals surface area contributed by atoms with Crippen LogP contribution in [0.2, 0.25) is 0 Å². The zero-order chi connectivity index (χ0) is 12.1. The Morgan fingerprint density at radius 1 is 1.31 bits per heavy atom. The van der Waals surface area contributed by atoms with E-state index >= 15 is 0 Å². The Labute approximate surface area is 103 Å². The third-order valence-electron chi connectivity index (χ3n) is 2.48. The molecular weight excluding hydrogens is 292 g/mol. The summed E-state index contributed by atoms with van der Waals surface area (Å²) in [6.45, 7) is 3.14. The first-order valence-electron chi connectivity index (χ1n) is 4.72. The first-order chi connectivity index (χ1) is 7.23. The van der Waals surface area contributed by atoms with E-state index < -0.39 is 15.4 Å². The van der Waals surface area contributed by atoms with Crippen LogP contribution in [-0.4, -0.2) is 19.1 Å². The predicted molar refractivity (Wildman–Crippen MR) is 65.6 cm³/mol. The normalized spacial score (nSPS) is 18.1. The standard InChI is InChI=1S/C11H11BrO3S/c1-11(2,13)7-6-16(14,15)9-5-3-4-8(12)10(7)9/h3-6,13H,1-2H3. The van der Waals surface area contributed by atoms with Crippen LogP contribution in [0.5, 0.6) is 0 Å². The molecule has 0 amide bonds. The number of hydrogen-bond donors (Lipinski definition) is 1. The molecule has 1 aromatic carbocycles. The molecule has 5 heteroatoms. The quantitative estimate of drug-likeness (QED) is 0.866. The molecule has 0 spiro atoms. The van der Waals surface area contributed by atoms with E-state index in [1.807, 2.05) is 0 Å². The van der Waals surface area contributed by atoms with Crippen molar-refractivity contribution >= 4 is 31.3 Å². The molecule has 0 unspecified atom stereocenters. The third-order valence-corrected chi connectivity index (χ3v) is 4.64. The lowest BCUT2D eigenvalue weighted by Gasteiger charge is -2.20. The van der Waals surface area contributed by atoms with Gasteiger partial charge < -0.3 is 5.11 Å². The average molecular weight is 303 g/mol. The predicted octanol–water partition coefficient (Wildman–Crippen LogP) is 2.35. The molecule has 16 heavy (non-hydrogen) atoms. The minimum absolute atomic E-state index is 0.249. The van der Waals surface area contributed by atoms with Crippen LogP contribution >= 0.6 is 15.9 Å². The Kier molecular flexibility index (Phi) is 2.53. The van der Waals surface area contributed by atoms with Gasteiger partial charge in [-0.05, 0) is 26.0 Å². The number of aliphatic hydroxyl groups is 1. The second-order valence-electron chi connectivity index (χ2n) is 4.25. The van der Waals surface area contributed by atoms with Crippen LogP contribution < -0.4 is 0 Å². The van der Waals surface area contributed by atoms with Crippen LogP contribution in [0.1, 0.15) is 19.4 Å². The second kappa shape index (κ2) is 3.42. The van der Waals surface area contributed by atoms with Gasteiger partial charge in [-0.3, -0.25) is 0 Å². The summed E-state index contributed by atoms with van der Waals surface area (Å²) in [6.07, 6.45) is 0. The Balaban J connectivity index is 2.82. The third kappa shape index (κ3) is 1.73. The molecular formula is C11H11BrO3S. The zero-order valence-corrected chi connectivity index (χ0v) is 11.3. The van der Waals surface area contributed by atoms with E-state index in [0.717, 1.165) is 5.41 Å². The van der Waals surface area contributed by atoms with E-state index in [9.17, 15) is 13.5 Å². The van der Waals surface area contributed by atoms with E-state index in [-0.39, 0.29) is 4.90 Å². The van der Waals surface area contributed by atoms with Gasteiger partial charge in [-0.15, -0.1) is 0 Å². The monoisotopic (exact) mass is 302 g/mol. The summed E-state index contributed by atoms with van der Waals surface area (Å²) in [5, 5.41) is 11.1. The second-order valence-corrected chi connectivity index (χ2v) is 6.87. The highest BCUT2D eigenvalue weighted by Gasteiger charge is 2.35. The van der Waals surface area contributed by atoms with Crippen LogP contribution in [0.15, 0.2) is 33.0 Å². The fraction of sp³-hybridized carbons (Fsp3) is 0.273. The van der Waals surface area contributed by atoms with Crippen molar-refractivity contribution in [2.24, 2.45) is 0 Å². The molecule has 0 bridgehead atoms. The average Bonchev–Trinajstić information content (AvgIpc) is 2.39. The van der Waals surface area contributed by atoms with Gasteiger partial charge in [0.05, 0.1) is 10.5 Å². The minimum Gasteiger partial charge on any atom is -0.386 e. The van der Waals surface area contributed by atoms with Crippen molar-refractivity contribution in [3.8, 4) is 0 Å². The van der Waals surface area contributed by atoms with Gasteiger partial charge in [0, 0.05) is 21.0 Å². The highest BCUT2D eigenvalue weighted by Crippen LogP contribution is 2.42.